The number of aromatic nitrogens is 5. The van der Waals surface area contributed by atoms with Gasteiger partial charge in [-0.15, -0.1) is 0 Å². The molecule has 41 heavy (non-hydrogen) atoms. The van der Waals surface area contributed by atoms with Crippen LogP contribution in [0.15, 0.2) is 113 Å². The van der Waals surface area contributed by atoms with Crippen molar-refractivity contribution >= 4 is 33.1 Å². The quantitative estimate of drug-likeness (QED) is 0.301. The van der Waals surface area contributed by atoms with Crippen LogP contribution in [0.5, 0.6) is 0 Å². The minimum absolute atomic E-state index is 0.238. The Morgan fingerprint density at radius 1 is 0.829 bits per heavy atom. The lowest BCUT2D eigenvalue weighted by Crippen LogP contribution is -2.28. The van der Waals surface area contributed by atoms with Gasteiger partial charge in [-0.25, -0.2) is 4.68 Å². The van der Waals surface area contributed by atoms with Crippen molar-refractivity contribution in [1.29, 1.82) is 0 Å². The van der Waals surface area contributed by atoms with Gasteiger partial charge in [0.15, 0.2) is 0 Å². The Labute approximate surface area is 238 Å². The maximum absolute atomic E-state index is 13.5. The Balaban J connectivity index is 1.37. The number of aryl methyl sites for hydroxylation is 1. The molecular formula is C33H23N5O2S. The molecule has 0 N–H and O–H groups in total. The summed E-state index contributed by atoms with van der Waals surface area (Å²) in [6.45, 7) is 2.01. The summed E-state index contributed by atoms with van der Waals surface area (Å²) in [6, 6.07) is 32.1. The third kappa shape index (κ3) is 4.74. The van der Waals surface area contributed by atoms with E-state index in [-0.39, 0.29) is 16.2 Å². The molecule has 0 radical (unpaired) electrons. The number of para-hydroxylation sites is 1. The Bertz CT molecular complexity index is 2230. The maximum Gasteiger partial charge on any atom is 0.296 e. The summed E-state index contributed by atoms with van der Waals surface area (Å²) in [7, 11) is 0. The zero-order valence-electron chi connectivity index (χ0n) is 22.1. The summed E-state index contributed by atoms with van der Waals surface area (Å²) < 4.78 is 3.47. The van der Waals surface area contributed by atoms with Gasteiger partial charge in [0.2, 0.25) is 4.96 Å². The third-order valence-corrected chi connectivity index (χ3v) is 7.97. The molecule has 0 aliphatic carbocycles. The summed E-state index contributed by atoms with van der Waals surface area (Å²) in [5, 5.41) is 11.6. The standard InChI is InChI=1S/C33H23N5O2S/c1-21-11-13-22(14-12-21)17-28-31(39)34-33-38(35-28)32(40)29(41-33)19-26-20-37(27-9-3-2-4-10-27)36-30(26)25-16-15-23-7-5-6-8-24(23)18-25/h2-16,18-20H,17H2,1H3/b29-19-. The van der Waals surface area contributed by atoms with Gasteiger partial charge in [0.05, 0.1) is 10.2 Å². The van der Waals surface area contributed by atoms with Gasteiger partial charge in [-0.3, -0.25) is 9.59 Å². The second kappa shape index (κ2) is 10.1. The molecular weight excluding hydrogens is 530 g/mol. The molecule has 0 amide bonds. The normalized spacial score (nSPS) is 12.0. The van der Waals surface area contributed by atoms with Gasteiger partial charge in [0.1, 0.15) is 11.4 Å². The molecule has 0 atom stereocenters. The van der Waals surface area contributed by atoms with Crippen LogP contribution in [0.3, 0.4) is 0 Å². The van der Waals surface area contributed by atoms with E-state index in [0.717, 1.165) is 55.7 Å². The molecule has 0 aliphatic rings. The van der Waals surface area contributed by atoms with Gasteiger partial charge in [-0.1, -0.05) is 95.8 Å². The molecule has 3 aromatic heterocycles. The second-order valence-electron chi connectivity index (χ2n) is 9.91. The van der Waals surface area contributed by atoms with Crippen molar-refractivity contribution in [2.45, 2.75) is 13.3 Å². The lowest BCUT2D eigenvalue weighted by Gasteiger charge is -2.03. The molecule has 0 saturated heterocycles. The highest BCUT2D eigenvalue weighted by Gasteiger charge is 2.15. The van der Waals surface area contributed by atoms with Crippen LogP contribution in [0, 0.1) is 6.92 Å². The van der Waals surface area contributed by atoms with Crippen molar-refractivity contribution in [1.82, 2.24) is 24.4 Å². The second-order valence-corrected chi connectivity index (χ2v) is 10.9. The van der Waals surface area contributed by atoms with Crippen LogP contribution in [0.25, 0.3) is 38.8 Å². The summed E-state index contributed by atoms with van der Waals surface area (Å²) in [4.78, 5) is 30.8. The fourth-order valence-electron chi connectivity index (χ4n) is 4.86. The predicted octanol–water partition coefficient (Wildman–Crippen LogP) is 4.96. The van der Waals surface area contributed by atoms with E-state index in [4.69, 9.17) is 5.10 Å². The Morgan fingerprint density at radius 3 is 2.39 bits per heavy atom. The molecule has 8 heteroatoms. The first-order valence-electron chi connectivity index (χ1n) is 13.2. The summed E-state index contributed by atoms with van der Waals surface area (Å²) >= 11 is 1.15. The van der Waals surface area contributed by atoms with Gasteiger partial charge in [-0.05, 0) is 47.5 Å². The van der Waals surface area contributed by atoms with Crippen LogP contribution in [-0.4, -0.2) is 24.4 Å². The van der Waals surface area contributed by atoms with Crippen LogP contribution < -0.4 is 15.7 Å². The number of rotatable bonds is 5. The minimum Gasteiger partial charge on any atom is -0.266 e. The molecule has 7 nitrogen and oxygen atoms in total. The van der Waals surface area contributed by atoms with E-state index in [0.29, 0.717) is 11.0 Å². The molecule has 0 saturated carbocycles. The Morgan fingerprint density at radius 2 is 1.59 bits per heavy atom. The number of thiazole rings is 1. The van der Waals surface area contributed by atoms with Crippen molar-refractivity contribution in [3.8, 4) is 16.9 Å². The van der Waals surface area contributed by atoms with E-state index in [1.54, 1.807) is 0 Å². The number of benzene rings is 4. The van der Waals surface area contributed by atoms with Crippen molar-refractivity contribution in [3.63, 3.8) is 0 Å². The average Bonchev–Trinajstić information content (AvgIpc) is 3.55. The van der Waals surface area contributed by atoms with Gasteiger partial charge in [0.25, 0.3) is 11.1 Å². The van der Waals surface area contributed by atoms with Crippen LogP contribution in [0.1, 0.15) is 22.4 Å². The highest BCUT2D eigenvalue weighted by Crippen LogP contribution is 2.28. The number of fused-ring (bicyclic) bond motifs is 2. The zero-order chi connectivity index (χ0) is 27.9. The van der Waals surface area contributed by atoms with Crippen molar-refractivity contribution < 1.29 is 0 Å². The first kappa shape index (κ1) is 24.8. The maximum atomic E-state index is 13.5. The number of hydrogen-bond acceptors (Lipinski definition) is 6. The van der Waals surface area contributed by atoms with E-state index in [1.807, 2.05) is 96.7 Å². The average molecular weight is 554 g/mol. The van der Waals surface area contributed by atoms with E-state index in [1.165, 1.54) is 4.52 Å². The fraction of sp³-hybridized carbons (Fsp3) is 0.0606. The zero-order valence-corrected chi connectivity index (χ0v) is 22.9. The third-order valence-electron chi connectivity index (χ3n) is 7.02. The summed E-state index contributed by atoms with van der Waals surface area (Å²) in [5.41, 5.74) is 4.91. The summed E-state index contributed by atoms with van der Waals surface area (Å²) in [6.07, 6.45) is 4.03. The first-order valence-corrected chi connectivity index (χ1v) is 14.0. The smallest absolute Gasteiger partial charge is 0.266 e. The Kier molecular flexibility index (Phi) is 6.10. The van der Waals surface area contributed by atoms with Crippen LogP contribution >= 0.6 is 11.3 Å². The summed E-state index contributed by atoms with van der Waals surface area (Å²) in [5.74, 6) is 0. The lowest BCUT2D eigenvalue weighted by atomic mass is 10.0. The van der Waals surface area contributed by atoms with Gasteiger partial charge in [-0.2, -0.15) is 19.7 Å². The van der Waals surface area contributed by atoms with E-state index >= 15 is 0 Å². The van der Waals surface area contributed by atoms with Gasteiger partial charge in [0, 0.05) is 23.7 Å². The molecule has 7 aromatic rings. The molecule has 0 bridgehead atoms. The molecule has 4 aromatic carbocycles. The van der Waals surface area contributed by atoms with Gasteiger partial charge >= 0.3 is 0 Å². The van der Waals surface area contributed by atoms with Crippen LogP contribution in [0.2, 0.25) is 0 Å². The molecule has 0 unspecified atom stereocenters. The predicted molar refractivity (Wildman–Crippen MR) is 163 cm³/mol. The van der Waals surface area contributed by atoms with E-state index < -0.39 is 5.56 Å². The van der Waals surface area contributed by atoms with Gasteiger partial charge < -0.3 is 0 Å². The molecule has 0 spiro atoms. The highest BCUT2D eigenvalue weighted by molar-refractivity contribution is 7.15. The van der Waals surface area contributed by atoms with Crippen molar-refractivity contribution in [2.75, 3.05) is 0 Å². The van der Waals surface area contributed by atoms with Crippen molar-refractivity contribution in [3.05, 3.63) is 151 Å². The molecule has 198 valence electrons. The topological polar surface area (TPSA) is 82.2 Å². The van der Waals surface area contributed by atoms with Crippen molar-refractivity contribution in [2.24, 2.45) is 0 Å². The largest absolute Gasteiger partial charge is 0.296 e. The van der Waals surface area contributed by atoms with E-state index in [2.05, 4.69) is 34.3 Å². The lowest BCUT2D eigenvalue weighted by molar-refractivity contribution is 0.811. The monoisotopic (exact) mass is 553 g/mol. The molecule has 7 rings (SSSR count). The first-order chi connectivity index (χ1) is 20.0. The molecule has 3 heterocycles. The SMILES string of the molecule is Cc1ccc(Cc2nn3c(=O)/c(=C/c4cn(-c5ccccc5)nc4-c4ccc5ccccc5c4)sc3nc2=O)cc1. The molecule has 0 fully saturated rings. The Hall–Kier alpha value is -5.21. The number of hydrogen-bond donors (Lipinski definition) is 0. The van der Waals surface area contributed by atoms with Crippen LogP contribution in [-0.2, 0) is 6.42 Å². The molecule has 0 aliphatic heterocycles. The minimum atomic E-state index is -0.424. The highest BCUT2D eigenvalue weighted by atomic mass is 32.1. The van der Waals surface area contributed by atoms with E-state index in [9.17, 15) is 9.59 Å². The number of nitrogens with zero attached hydrogens (tertiary/aromatic N) is 5. The fourth-order valence-corrected chi connectivity index (χ4v) is 5.75. The van der Waals surface area contributed by atoms with Crippen LogP contribution in [0.4, 0.5) is 0 Å².